The molecule has 0 aliphatic heterocycles. The summed E-state index contributed by atoms with van der Waals surface area (Å²) in [5, 5.41) is 1.57. The molecule has 0 saturated carbocycles. The molecule has 3 N–H and O–H groups in total. The Hall–Kier alpha value is -1.65. The lowest BCUT2D eigenvalue weighted by Crippen LogP contribution is -1.93. The summed E-state index contributed by atoms with van der Waals surface area (Å²) in [6.45, 7) is 0. The highest BCUT2D eigenvalue weighted by Crippen LogP contribution is 2.29. The van der Waals surface area contributed by atoms with E-state index in [2.05, 4.69) is 9.97 Å². The van der Waals surface area contributed by atoms with E-state index in [1.54, 1.807) is 11.8 Å². The van der Waals surface area contributed by atoms with Crippen LogP contribution in [0.1, 0.15) is 5.56 Å². The first-order valence-corrected chi connectivity index (χ1v) is 7.21. The van der Waals surface area contributed by atoms with Gasteiger partial charge in [-0.15, -0.1) is 0 Å². The van der Waals surface area contributed by atoms with Gasteiger partial charge >= 0.3 is 0 Å². The molecule has 0 radical (unpaired) electrons. The molecule has 0 amide bonds. The van der Waals surface area contributed by atoms with Crippen molar-refractivity contribution in [1.82, 2.24) is 9.97 Å². The number of nitrogens with two attached hydrogens (primary N) is 1. The molecule has 0 aliphatic carbocycles. The van der Waals surface area contributed by atoms with Crippen molar-refractivity contribution < 1.29 is 0 Å². The van der Waals surface area contributed by atoms with Gasteiger partial charge in [-0.3, -0.25) is 0 Å². The number of nitrogen functional groups attached to an aromatic ring is 1. The van der Waals surface area contributed by atoms with Gasteiger partial charge in [-0.1, -0.05) is 41.6 Å². The van der Waals surface area contributed by atoms with Crippen LogP contribution in [0.25, 0.3) is 11.0 Å². The molecule has 0 bridgehead atoms. The van der Waals surface area contributed by atoms with E-state index in [-0.39, 0.29) is 0 Å². The van der Waals surface area contributed by atoms with Crippen LogP contribution in [0.15, 0.2) is 47.6 Å². The molecule has 0 unspecified atom stereocenters. The lowest BCUT2D eigenvalue weighted by molar-refractivity contribution is 1.08. The molecule has 0 atom stereocenters. The molecular weight excluding hydrogens is 278 g/mol. The number of H-pyrrole nitrogens is 1. The van der Waals surface area contributed by atoms with Gasteiger partial charge in [0.05, 0.1) is 11.0 Å². The smallest absolute Gasteiger partial charge is 0.166 e. The topological polar surface area (TPSA) is 54.7 Å². The number of benzene rings is 2. The van der Waals surface area contributed by atoms with Gasteiger partial charge in [-0.2, -0.15) is 0 Å². The number of fused-ring (bicyclic) bond motifs is 1. The number of halogens is 1. The van der Waals surface area contributed by atoms with Gasteiger partial charge in [-0.25, -0.2) is 4.98 Å². The van der Waals surface area contributed by atoms with E-state index in [0.717, 1.165) is 27.4 Å². The van der Waals surface area contributed by atoms with Crippen LogP contribution in [0.4, 0.5) is 5.69 Å². The fourth-order valence-corrected chi connectivity index (χ4v) is 3.14. The van der Waals surface area contributed by atoms with Crippen molar-refractivity contribution in [2.45, 2.75) is 10.9 Å². The van der Waals surface area contributed by atoms with Gasteiger partial charge in [-0.05, 0) is 24.3 Å². The van der Waals surface area contributed by atoms with E-state index in [0.29, 0.717) is 10.8 Å². The molecule has 96 valence electrons. The Kier molecular flexibility index (Phi) is 3.36. The molecule has 3 aromatic rings. The Morgan fingerprint density at radius 2 is 2.00 bits per heavy atom. The Bertz CT molecular complexity index is 670. The second kappa shape index (κ2) is 5.15. The summed E-state index contributed by atoms with van der Waals surface area (Å²) in [4.78, 5) is 7.78. The molecule has 1 aromatic heterocycles. The lowest BCUT2D eigenvalue weighted by atomic mass is 10.2. The number of nitrogens with zero attached hydrogens (tertiary/aromatic N) is 1. The quantitative estimate of drug-likeness (QED) is 0.564. The van der Waals surface area contributed by atoms with Crippen LogP contribution in [0.3, 0.4) is 0 Å². The summed E-state index contributed by atoms with van der Waals surface area (Å²) in [6.07, 6.45) is 0. The van der Waals surface area contributed by atoms with Crippen molar-refractivity contribution >= 4 is 40.1 Å². The van der Waals surface area contributed by atoms with E-state index in [4.69, 9.17) is 17.3 Å². The maximum absolute atomic E-state index is 6.15. The van der Waals surface area contributed by atoms with E-state index in [9.17, 15) is 0 Å². The molecule has 0 aliphatic rings. The summed E-state index contributed by atoms with van der Waals surface area (Å²) >= 11 is 7.75. The van der Waals surface area contributed by atoms with Crippen LogP contribution >= 0.6 is 23.4 Å². The molecule has 0 saturated heterocycles. The standard InChI is InChI=1S/C14H12ClN3S/c15-10-4-3-5-11(16)9(10)8-19-14-17-12-6-1-2-7-13(12)18-14/h1-7H,8,16H2,(H,17,18). The number of imidazole rings is 1. The second-order valence-electron chi connectivity index (χ2n) is 4.16. The largest absolute Gasteiger partial charge is 0.398 e. The second-order valence-corrected chi connectivity index (χ2v) is 5.53. The predicted molar refractivity (Wildman–Crippen MR) is 81.5 cm³/mol. The molecule has 3 rings (SSSR count). The highest BCUT2D eigenvalue weighted by Gasteiger charge is 2.07. The molecule has 1 heterocycles. The molecular formula is C14H12ClN3S. The summed E-state index contributed by atoms with van der Waals surface area (Å²) in [7, 11) is 0. The third kappa shape index (κ3) is 2.55. The van der Waals surface area contributed by atoms with E-state index < -0.39 is 0 Å². The number of hydrogen-bond acceptors (Lipinski definition) is 3. The van der Waals surface area contributed by atoms with Crippen molar-refractivity contribution in [3.8, 4) is 0 Å². The van der Waals surface area contributed by atoms with Crippen LogP contribution in [-0.2, 0) is 5.75 Å². The molecule has 5 heteroatoms. The van der Waals surface area contributed by atoms with Crippen molar-refractivity contribution in [2.75, 3.05) is 5.73 Å². The molecule has 19 heavy (non-hydrogen) atoms. The third-order valence-electron chi connectivity index (χ3n) is 2.88. The third-order valence-corrected chi connectivity index (χ3v) is 4.13. The SMILES string of the molecule is Nc1cccc(Cl)c1CSc1nc2ccccc2[nH]1. The van der Waals surface area contributed by atoms with Crippen molar-refractivity contribution in [3.63, 3.8) is 0 Å². The number of aromatic amines is 1. The Balaban J connectivity index is 1.82. The number of aromatic nitrogens is 2. The summed E-state index contributed by atoms with van der Waals surface area (Å²) in [5.41, 5.74) is 9.61. The number of rotatable bonds is 3. The van der Waals surface area contributed by atoms with Crippen molar-refractivity contribution in [1.29, 1.82) is 0 Å². The normalized spacial score (nSPS) is 11.0. The Labute approximate surface area is 120 Å². The van der Waals surface area contributed by atoms with Gasteiger partial charge in [0.1, 0.15) is 0 Å². The van der Waals surface area contributed by atoms with Gasteiger partial charge in [0.2, 0.25) is 0 Å². The molecule has 0 fully saturated rings. The van der Waals surface area contributed by atoms with Crippen LogP contribution < -0.4 is 5.73 Å². The van der Waals surface area contributed by atoms with Gasteiger partial charge in [0.25, 0.3) is 0 Å². The Morgan fingerprint density at radius 3 is 2.79 bits per heavy atom. The zero-order valence-corrected chi connectivity index (χ0v) is 11.6. The zero-order chi connectivity index (χ0) is 13.2. The number of thioether (sulfide) groups is 1. The number of nitrogens with one attached hydrogen (secondary N) is 1. The van der Waals surface area contributed by atoms with Crippen LogP contribution in [0.2, 0.25) is 5.02 Å². The first kappa shape index (κ1) is 12.4. The number of anilines is 1. The average molecular weight is 290 g/mol. The lowest BCUT2D eigenvalue weighted by Gasteiger charge is -2.06. The maximum Gasteiger partial charge on any atom is 0.166 e. The van der Waals surface area contributed by atoms with E-state index >= 15 is 0 Å². The highest BCUT2D eigenvalue weighted by atomic mass is 35.5. The molecule has 2 aromatic carbocycles. The van der Waals surface area contributed by atoms with Gasteiger partial charge < -0.3 is 10.7 Å². The average Bonchev–Trinajstić information content (AvgIpc) is 2.81. The number of hydrogen-bond donors (Lipinski definition) is 2. The van der Waals surface area contributed by atoms with Crippen LogP contribution in [0.5, 0.6) is 0 Å². The summed E-state index contributed by atoms with van der Waals surface area (Å²) < 4.78 is 0. The summed E-state index contributed by atoms with van der Waals surface area (Å²) in [6, 6.07) is 13.5. The van der Waals surface area contributed by atoms with Gasteiger partial charge in [0, 0.05) is 22.0 Å². The first-order valence-electron chi connectivity index (χ1n) is 5.84. The van der Waals surface area contributed by atoms with Crippen molar-refractivity contribution in [2.24, 2.45) is 0 Å². The van der Waals surface area contributed by atoms with Crippen LogP contribution in [0, 0.1) is 0 Å². The van der Waals surface area contributed by atoms with E-state index in [1.165, 1.54) is 0 Å². The first-order chi connectivity index (χ1) is 9.24. The van der Waals surface area contributed by atoms with E-state index in [1.807, 2.05) is 42.5 Å². The predicted octanol–water partition coefficient (Wildman–Crippen LogP) is 4.09. The molecule has 3 nitrogen and oxygen atoms in total. The van der Waals surface area contributed by atoms with Crippen LogP contribution in [-0.4, -0.2) is 9.97 Å². The maximum atomic E-state index is 6.15. The van der Waals surface area contributed by atoms with Gasteiger partial charge in [0.15, 0.2) is 5.16 Å². The summed E-state index contributed by atoms with van der Waals surface area (Å²) in [5.74, 6) is 0.700. The minimum absolute atomic E-state index is 0.698. The monoisotopic (exact) mass is 289 g/mol. The zero-order valence-electron chi connectivity index (χ0n) is 10.1. The molecule has 0 spiro atoms. The highest BCUT2D eigenvalue weighted by molar-refractivity contribution is 7.98. The van der Waals surface area contributed by atoms with Crippen molar-refractivity contribution in [3.05, 3.63) is 53.1 Å². The fraction of sp³-hybridized carbons (Fsp3) is 0.0714. The minimum Gasteiger partial charge on any atom is -0.398 e. The number of para-hydroxylation sites is 2. The Morgan fingerprint density at radius 1 is 1.16 bits per heavy atom. The fourth-order valence-electron chi connectivity index (χ4n) is 1.87. The minimum atomic E-state index is 0.698.